The number of aryl methyl sites for hydroxylation is 1. The summed E-state index contributed by atoms with van der Waals surface area (Å²) in [6.45, 7) is 1.84. The molecule has 6 heteroatoms. The van der Waals surface area contributed by atoms with E-state index >= 15 is 0 Å². The van der Waals surface area contributed by atoms with E-state index in [1.54, 1.807) is 18.2 Å². The summed E-state index contributed by atoms with van der Waals surface area (Å²) in [5, 5.41) is 2.42. The van der Waals surface area contributed by atoms with Crippen molar-refractivity contribution in [3.05, 3.63) is 62.0 Å². The van der Waals surface area contributed by atoms with E-state index in [0.717, 1.165) is 10.0 Å². The SMILES string of the molecule is Cc1cc(C(=O)Nc2cc(Br)c(F)cc2F)ccc1Br. The highest BCUT2D eigenvalue weighted by atomic mass is 79.9. The molecule has 0 aliphatic heterocycles. The Hall–Kier alpha value is -1.27. The number of hydrogen-bond donors (Lipinski definition) is 1. The van der Waals surface area contributed by atoms with Gasteiger partial charge in [-0.2, -0.15) is 0 Å². The largest absolute Gasteiger partial charge is 0.319 e. The van der Waals surface area contributed by atoms with Gasteiger partial charge in [-0.1, -0.05) is 15.9 Å². The van der Waals surface area contributed by atoms with E-state index in [1.165, 1.54) is 6.07 Å². The molecule has 0 aliphatic rings. The molecule has 0 radical (unpaired) electrons. The Bertz CT molecular complexity index is 689. The monoisotopic (exact) mass is 403 g/mol. The Labute approximate surface area is 131 Å². The lowest BCUT2D eigenvalue weighted by Gasteiger charge is -2.08. The molecule has 1 N–H and O–H groups in total. The third-order valence-electron chi connectivity index (χ3n) is 2.68. The molecule has 0 atom stereocenters. The number of carbonyl (C=O) groups excluding carboxylic acids is 1. The van der Waals surface area contributed by atoms with E-state index in [4.69, 9.17) is 0 Å². The molecule has 20 heavy (non-hydrogen) atoms. The summed E-state index contributed by atoms with van der Waals surface area (Å²) >= 11 is 6.28. The van der Waals surface area contributed by atoms with E-state index in [-0.39, 0.29) is 10.2 Å². The zero-order valence-corrected chi connectivity index (χ0v) is 13.5. The van der Waals surface area contributed by atoms with E-state index in [1.807, 2.05) is 6.92 Å². The minimum Gasteiger partial charge on any atom is -0.319 e. The third kappa shape index (κ3) is 3.24. The van der Waals surface area contributed by atoms with E-state index in [0.29, 0.717) is 11.6 Å². The quantitative estimate of drug-likeness (QED) is 0.697. The van der Waals surface area contributed by atoms with Gasteiger partial charge in [-0.25, -0.2) is 8.78 Å². The molecule has 0 spiro atoms. The first-order valence-corrected chi connectivity index (χ1v) is 7.19. The van der Waals surface area contributed by atoms with Gasteiger partial charge in [0.25, 0.3) is 5.91 Å². The Morgan fingerprint density at radius 1 is 1.05 bits per heavy atom. The highest BCUT2D eigenvalue weighted by Crippen LogP contribution is 2.24. The van der Waals surface area contributed by atoms with Gasteiger partial charge in [0.05, 0.1) is 10.2 Å². The maximum atomic E-state index is 13.6. The maximum Gasteiger partial charge on any atom is 0.255 e. The topological polar surface area (TPSA) is 29.1 Å². The Kier molecular flexibility index (Phi) is 4.55. The van der Waals surface area contributed by atoms with E-state index < -0.39 is 17.5 Å². The van der Waals surface area contributed by atoms with Gasteiger partial charge in [0, 0.05) is 16.1 Å². The molecule has 2 nitrogen and oxygen atoms in total. The summed E-state index contributed by atoms with van der Waals surface area (Å²) in [6, 6.07) is 6.93. The van der Waals surface area contributed by atoms with Crippen molar-refractivity contribution in [3.8, 4) is 0 Å². The van der Waals surface area contributed by atoms with Crippen molar-refractivity contribution in [2.45, 2.75) is 6.92 Å². The Balaban J connectivity index is 2.27. The first-order chi connectivity index (χ1) is 9.38. The summed E-state index contributed by atoms with van der Waals surface area (Å²) in [6.07, 6.45) is 0. The van der Waals surface area contributed by atoms with E-state index in [2.05, 4.69) is 37.2 Å². The van der Waals surface area contributed by atoms with Gasteiger partial charge in [0.1, 0.15) is 11.6 Å². The van der Waals surface area contributed by atoms with E-state index in [9.17, 15) is 13.6 Å². The first kappa shape index (κ1) is 15.1. The molecule has 0 fully saturated rings. The van der Waals surface area contributed by atoms with Crippen LogP contribution >= 0.6 is 31.9 Å². The summed E-state index contributed by atoms with van der Waals surface area (Å²) in [4.78, 5) is 12.0. The van der Waals surface area contributed by atoms with Crippen molar-refractivity contribution in [1.29, 1.82) is 0 Å². The van der Waals surface area contributed by atoms with Gasteiger partial charge in [0.15, 0.2) is 0 Å². The van der Waals surface area contributed by atoms with Gasteiger partial charge in [-0.05, 0) is 52.7 Å². The molecule has 0 aliphatic carbocycles. The molecule has 0 heterocycles. The molecular formula is C14H9Br2F2NO. The van der Waals surface area contributed by atoms with Crippen molar-refractivity contribution in [3.63, 3.8) is 0 Å². The number of nitrogens with one attached hydrogen (secondary N) is 1. The lowest BCUT2D eigenvalue weighted by Crippen LogP contribution is -2.13. The lowest BCUT2D eigenvalue weighted by molar-refractivity contribution is 0.102. The molecule has 0 aromatic heterocycles. The Morgan fingerprint density at radius 2 is 1.75 bits per heavy atom. The summed E-state index contributed by atoms with van der Waals surface area (Å²) < 4.78 is 27.6. The normalized spacial score (nSPS) is 10.4. The number of halogens is 4. The second-order valence-corrected chi connectivity index (χ2v) is 5.87. The average molecular weight is 405 g/mol. The maximum absolute atomic E-state index is 13.6. The molecule has 1 amide bonds. The van der Waals surface area contributed by atoms with Gasteiger partial charge < -0.3 is 5.32 Å². The van der Waals surface area contributed by atoms with Crippen LogP contribution in [0, 0.1) is 18.6 Å². The predicted octanol–water partition coefficient (Wildman–Crippen LogP) is 5.05. The van der Waals surface area contributed by atoms with Crippen LogP contribution in [0.2, 0.25) is 0 Å². The van der Waals surface area contributed by atoms with Crippen molar-refractivity contribution < 1.29 is 13.6 Å². The van der Waals surface area contributed by atoms with Crippen molar-refractivity contribution in [2.24, 2.45) is 0 Å². The van der Waals surface area contributed by atoms with Crippen LogP contribution in [-0.2, 0) is 0 Å². The smallest absolute Gasteiger partial charge is 0.255 e. The van der Waals surface area contributed by atoms with Crippen molar-refractivity contribution >= 4 is 43.5 Å². The zero-order valence-electron chi connectivity index (χ0n) is 10.3. The lowest BCUT2D eigenvalue weighted by atomic mass is 10.1. The Morgan fingerprint density at radius 3 is 2.40 bits per heavy atom. The van der Waals surface area contributed by atoms with Crippen LogP contribution < -0.4 is 5.32 Å². The van der Waals surface area contributed by atoms with Crippen LogP contribution in [0.25, 0.3) is 0 Å². The zero-order chi connectivity index (χ0) is 14.9. The molecule has 0 bridgehead atoms. The second kappa shape index (κ2) is 6.01. The van der Waals surface area contributed by atoms with Crippen molar-refractivity contribution in [2.75, 3.05) is 5.32 Å². The standard InChI is InChI=1S/C14H9Br2F2NO/c1-7-4-8(2-3-9(7)15)14(20)19-13-5-10(16)11(17)6-12(13)18/h2-6H,1H3,(H,19,20). The van der Waals surface area contributed by atoms with Gasteiger partial charge in [-0.15, -0.1) is 0 Å². The summed E-state index contributed by atoms with van der Waals surface area (Å²) in [5.74, 6) is -2.01. The fourth-order valence-electron chi connectivity index (χ4n) is 1.60. The number of amides is 1. The molecule has 104 valence electrons. The number of carbonyl (C=O) groups is 1. The van der Waals surface area contributed by atoms with Crippen LogP contribution in [0.5, 0.6) is 0 Å². The van der Waals surface area contributed by atoms with Gasteiger partial charge >= 0.3 is 0 Å². The molecule has 2 aromatic rings. The van der Waals surface area contributed by atoms with Crippen molar-refractivity contribution in [1.82, 2.24) is 0 Å². The fourth-order valence-corrected chi connectivity index (χ4v) is 2.19. The van der Waals surface area contributed by atoms with Crippen LogP contribution in [0.15, 0.2) is 39.3 Å². The van der Waals surface area contributed by atoms with Crippen LogP contribution in [-0.4, -0.2) is 5.91 Å². The van der Waals surface area contributed by atoms with Crippen LogP contribution in [0.1, 0.15) is 15.9 Å². The van der Waals surface area contributed by atoms with Crippen LogP contribution in [0.4, 0.5) is 14.5 Å². The van der Waals surface area contributed by atoms with Gasteiger partial charge in [0.2, 0.25) is 0 Å². The molecule has 0 saturated carbocycles. The summed E-state index contributed by atoms with van der Waals surface area (Å²) in [5.41, 5.74) is 1.20. The summed E-state index contributed by atoms with van der Waals surface area (Å²) in [7, 11) is 0. The highest BCUT2D eigenvalue weighted by Gasteiger charge is 2.13. The molecular weight excluding hydrogens is 396 g/mol. The highest BCUT2D eigenvalue weighted by molar-refractivity contribution is 9.10. The number of benzene rings is 2. The first-order valence-electron chi connectivity index (χ1n) is 5.60. The predicted molar refractivity (Wildman–Crippen MR) is 80.9 cm³/mol. The number of anilines is 1. The second-order valence-electron chi connectivity index (χ2n) is 4.16. The average Bonchev–Trinajstić information content (AvgIpc) is 2.39. The number of rotatable bonds is 2. The number of hydrogen-bond acceptors (Lipinski definition) is 1. The molecule has 2 aromatic carbocycles. The third-order valence-corrected chi connectivity index (χ3v) is 4.18. The fraction of sp³-hybridized carbons (Fsp3) is 0.0714. The minimum atomic E-state index is -0.826. The molecule has 0 unspecified atom stereocenters. The molecule has 2 rings (SSSR count). The molecule has 0 saturated heterocycles. The minimum absolute atomic E-state index is 0.0798. The van der Waals surface area contributed by atoms with Gasteiger partial charge in [-0.3, -0.25) is 4.79 Å². The van der Waals surface area contributed by atoms with Crippen LogP contribution in [0.3, 0.4) is 0 Å².